The molecule has 0 unspecified atom stereocenters. The van der Waals surface area contributed by atoms with Gasteiger partial charge in [-0.2, -0.15) is 4.31 Å². The molecule has 9 heteroatoms. The molecule has 0 N–H and O–H groups in total. The first-order chi connectivity index (χ1) is 13.7. The van der Waals surface area contributed by atoms with Gasteiger partial charge >= 0.3 is 0 Å². The molecule has 1 aliphatic rings. The van der Waals surface area contributed by atoms with Crippen molar-refractivity contribution in [2.75, 3.05) is 26.2 Å². The summed E-state index contributed by atoms with van der Waals surface area (Å²) in [6, 6.07) is 9.74. The standard InChI is InChI=1S/C20H22F2N2O3S2/c1-14(2)28-18-6-4-3-5-16(18)20(25)23-9-11-24(12-10-23)29(26,27)19-8-7-15(21)13-17(19)22/h3-8,13-14H,9-12H2,1-2H3. The molecule has 0 aliphatic carbocycles. The maximum absolute atomic E-state index is 14.0. The topological polar surface area (TPSA) is 57.7 Å². The summed E-state index contributed by atoms with van der Waals surface area (Å²) in [5.74, 6) is -2.11. The van der Waals surface area contributed by atoms with E-state index in [-0.39, 0.29) is 32.1 Å². The Morgan fingerprint density at radius 3 is 2.31 bits per heavy atom. The number of nitrogens with zero attached hydrogens (tertiary/aromatic N) is 2. The predicted molar refractivity (Wildman–Crippen MR) is 108 cm³/mol. The van der Waals surface area contributed by atoms with Gasteiger partial charge in [0.05, 0.1) is 5.56 Å². The maximum atomic E-state index is 14.0. The Bertz CT molecular complexity index is 1000. The van der Waals surface area contributed by atoms with E-state index >= 15 is 0 Å². The Labute approximate surface area is 173 Å². The van der Waals surface area contributed by atoms with Crippen LogP contribution < -0.4 is 0 Å². The van der Waals surface area contributed by atoms with Crippen LogP contribution in [0.1, 0.15) is 24.2 Å². The molecule has 0 saturated carbocycles. The Kier molecular flexibility index (Phi) is 6.60. The summed E-state index contributed by atoms with van der Waals surface area (Å²) in [5, 5.41) is 0.316. The van der Waals surface area contributed by atoms with E-state index in [1.807, 2.05) is 26.0 Å². The average molecular weight is 441 g/mol. The molecule has 1 heterocycles. The number of halogens is 2. The summed E-state index contributed by atoms with van der Waals surface area (Å²) >= 11 is 1.60. The van der Waals surface area contributed by atoms with Crippen LogP contribution in [-0.4, -0.2) is 55.0 Å². The van der Waals surface area contributed by atoms with E-state index in [1.54, 1.807) is 28.8 Å². The van der Waals surface area contributed by atoms with Crippen molar-refractivity contribution in [2.45, 2.75) is 28.9 Å². The van der Waals surface area contributed by atoms with Gasteiger partial charge < -0.3 is 4.90 Å². The van der Waals surface area contributed by atoms with Gasteiger partial charge in [-0.1, -0.05) is 26.0 Å². The first kappa shape index (κ1) is 21.7. The van der Waals surface area contributed by atoms with Crippen molar-refractivity contribution < 1.29 is 22.0 Å². The van der Waals surface area contributed by atoms with Gasteiger partial charge in [0, 0.05) is 42.4 Å². The fourth-order valence-corrected chi connectivity index (χ4v) is 5.54. The molecule has 0 spiro atoms. The monoisotopic (exact) mass is 440 g/mol. The minimum atomic E-state index is -4.10. The summed E-state index contributed by atoms with van der Waals surface area (Å²) in [6.45, 7) is 4.58. The summed E-state index contributed by atoms with van der Waals surface area (Å²) in [4.78, 5) is 14.9. The van der Waals surface area contributed by atoms with E-state index in [9.17, 15) is 22.0 Å². The zero-order valence-corrected chi connectivity index (χ0v) is 17.8. The van der Waals surface area contributed by atoms with Crippen molar-refractivity contribution in [2.24, 2.45) is 0 Å². The van der Waals surface area contributed by atoms with Crippen LogP contribution in [0.25, 0.3) is 0 Å². The van der Waals surface area contributed by atoms with Gasteiger partial charge in [-0.15, -0.1) is 11.8 Å². The minimum absolute atomic E-state index is 0.0460. The molecular weight excluding hydrogens is 418 g/mol. The van der Waals surface area contributed by atoms with Crippen LogP contribution in [0.15, 0.2) is 52.3 Å². The lowest BCUT2D eigenvalue weighted by atomic mass is 10.2. The SMILES string of the molecule is CC(C)Sc1ccccc1C(=O)N1CCN(S(=O)(=O)c2ccc(F)cc2F)CC1. The second-order valence-electron chi connectivity index (χ2n) is 6.93. The van der Waals surface area contributed by atoms with E-state index in [1.165, 1.54) is 0 Å². The highest BCUT2D eigenvalue weighted by Crippen LogP contribution is 2.28. The summed E-state index contributed by atoms with van der Waals surface area (Å²) in [5.41, 5.74) is 0.590. The fourth-order valence-electron chi connectivity index (χ4n) is 3.13. The predicted octanol–water partition coefficient (Wildman–Crippen LogP) is 3.61. The molecule has 1 saturated heterocycles. The number of thioether (sulfide) groups is 1. The smallest absolute Gasteiger partial charge is 0.255 e. The molecule has 1 fully saturated rings. The van der Waals surface area contributed by atoms with Crippen molar-refractivity contribution in [3.05, 3.63) is 59.7 Å². The van der Waals surface area contributed by atoms with Crippen LogP contribution in [0.5, 0.6) is 0 Å². The third-order valence-corrected chi connectivity index (χ3v) is 7.53. The van der Waals surface area contributed by atoms with Crippen LogP contribution in [-0.2, 0) is 10.0 Å². The molecule has 29 heavy (non-hydrogen) atoms. The van der Waals surface area contributed by atoms with Crippen LogP contribution in [0.2, 0.25) is 0 Å². The van der Waals surface area contributed by atoms with E-state index in [0.717, 1.165) is 21.3 Å². The molecule has 2 aromatic rings. The number of hydrogen-bond acceptors (Lipinski definition) is 4. The van der Waals surface area contributed by atoms with Gasteiger partial charge in [0.15, 0.2) is 0 Å². The second-order valence-corrected chi connectivity index (χ2v) is 10.5. The van der Waals surface area contributed by atoms with Crippen molar-refractivity contribution in [1.82, 2.24) is 9.21 Å². The minimum Gasteiger partial charge on any atom is -0.336 e. The highest BCUT2D eigenvalue weighted by atomic mass is 32.2. The van der Waals surface area contributed by atoms with Gasteiger partial charge in [0.1, 0.15) is 16.5 Å². The van der Waals surface area contributed by atoms with Crippen molar-refractivity contribution in [1.29, 1.82) is 0 Å². The number of carbonyl (C=O) groups excluding carboxylic acids is 1. The van der Waals surface area contributed by atoms with E-state index in [2.05, 4.69) is 0 Å². The first-order valence-corrected chi connectivity index (χ1v) is 11.5. The maximum Gasteiger partial charge on any atom is 0.255 e. The van der Waals surface area contributed by atoms with Crippen LogP contribution >= 0.6 is 11.8 Å². The molecule has 0 atom stereocenters. The Morgan fingerprint density at radius 1 is 1.03 bits per heavy atom. The first-order valence-electron chi connectivity index (χ1n) is 9.20. The van der Waals surface area contributed by atoms with Crippen molar-refractivity contribution >= 4 is 27.7 Å². The molecule has 1 aliphatic heterocycles. The van der Waals surface area contributed by atoms with Gasteiger partial charge in [0.25, 0.3) is 5.91 Å². The largest absolute Gasteiger partial charge is 0.336 e. The number of piperazine rings is 1. The number of rotatable bonds is 5. The number of carbonyl (C=O) groups is 1. The molecule has 5 nitrogen and oxygen atoms in total. The van der Waals surface area contributed by atoms with E-state index in [4.69, 9.17) is 0 Å². The number of hydrogen-bond donors (Lipinski definition) is 0. The van der Waals surface area contributed by atoms with Crippen LogP contribution in [0.4, 0.5) is 8.78 Å². The lowest BCUT2D eigenvalue weighted by Crippen LogP contribution is -2.50. The summed E-state index contributed by atoms with van der Waals surface area (Å²) in [6.07, 6.45) is 0. The summed E-state index contributed by atoms with van der Waals surface area (Å²) in [7, 11) is -4.10. The second kappa shape index (κ2) is 8.81. The average Bonchev–Trinajstić information content (AvgIpc) is 2.67. The van der Waals surface area contributed by atoms with Crippen LogP contribution in [0, 0.1) is 11.6 Å². The lowest BCUT2D eigenvalue weighted by molar-refractivity contribution is 0.0694. The number of benzene rings is 2. The van der Waals surface area contributed by atoms with E-state index in [0.29, 0.717) is 16.9 Å². The zero-order valence-electron chi connectivity index (χ0n) is 16.1. The fraction of sp³-hybridized carbons (Fsp3) is 0.350. The van der Waals surface area contributed by atoms with Crippen molar-refractivity contribution in [3.8, 4) is 0 Å². The van der Waals surface area contributed by atoms with Crippen LogP contribution in [0.3, 0.4) is 0 Å². The third kappa shape index (κ3) is 4.79. The van der Waals surface area contributed by atoms with E-state index < -0.39 is 26.6 Å². The molecule has 3 rings (SSSR count). The molecule has 0 aromatic heterocycles. The summed E-state index contributed by atoms with van der Waals surface area (Å²) < 4.78 is 53.6. The molecule has 0 bridgehead atoms. The zero-order chi connectivity index (χ0) is 21.2. The van der Waals surface area contributed by atoms with Gasteiger partial charge in [-0.3, -0.25) is 4.79 Å². The molecule has 1 amide bonds. The lowest BCUT2D eigenvalue weighted by Gasteiger charge is -2.34. The number of sulfonamides is 1. The molecular formula is C20H22F2N2O3S2. The molecule has 0 radical (unpaired) electrons. The highest BCUT2D eigenvalue weighted by molar-refractivity contribution is 8.00. The molecule has 2 aromatic carbocycles. The number of amides is 1. The van der Waals surface area contributed by atoms with Gasteiger partial charge in [-0.25, -0.2) is 17.2 Å². The Hall–Kier alpha value is -1.97. The highest BCUT2D eigenvalue weighted by Gasteiger charge is 2.32. The van der Waals surface area contributed by atoms with Gasteiger partial charge in [0.2, 0.25) is 10.0 Å². The Morgan fingerprint density at radius 2 is 1.69 bits per heavy atom. The molecule has 156 valence electrons. The normalized spacial score (nSPS) is 15.7. The third-order valence-electron chi connectivity index (χ3n) is 4.52. The Balaban J connectivity index is 1.73. The van der Waals surface area contributed by atoms with Crippen molar-refractivity contribution in [3.63, 3.8) is 0 Å². The van der Waals surface area contributed by atoms with Gasteiger partial charge in [-0.05, 0) is 24.3 Å². The quantitative estimate of drug-likeness (QED) is 0.667.